The quantitative estimate of drug-likeness (QED) is 0.379. The van der Waals surface area contributed by atoms with Crippen LogP contribution in [0.25, 0.3) is 16.9 Å². The summed E-state index contributed by atoms with van der Waals surface area (Å²) in [7, 11) is 4.11. The molecule has 0 N–H and O–H groups in total. The molecule has 0 atom stereocenters. The number of methoxy groups -OCH3 is 3. The van der Waals surface area contributed by atoms with E-state index in [1.165, 1.54) is 32.3 Å². The summed E-state index contributed by atoms with van der Waals surface area (Å²) >= 11 is 3.31. The number of rotatable bonds is 9. The van der Waals surface area contributed by atoms with Gasteiger partial charge in [0.25, 0.3) is 0 Å². The predicted molar refractivity (Wildman–Crippen MR) is 128 cm³/mol. The van der Waals surface area contributed by atoms with E-state index in [4.69, 9.17) is 14.2 Å². The Morgan fingerprint density at radius 1 is 1.18 bits per heavy atom. The van der Waals surface area contributed by atoms with Crippen LogP contribution in [0.3, 0.4) is 0 Å². The lowest BCUT2D eigenvalue weighted by Gasteiger charge is -2.24. The van der Waals surface area contributed by atoms with Gasteiger partial charge in [0.1, 0.15) is 11.5 Å². The fraction of sp³-hybridized carbons (Fsp3) is 0.375. The summed E-state index contributed by atoms with van der Waals surface area (Å²) in [4.78, 5) is 31.3. The molecule has 3 rings (SSSR count). The summed E-state index contributed by atoms with van der Waals surface area (Å²) in [6.07, 6.45) is 0.323. The van der Waals surface area contributed by atoms with Gasteiger partial charge < -0.3 is 18.6 Å². The lowest BCUT2D eigenvalue weighted by molar-refractivity contribution is -0.125. The van der Waals surface area contributed by atoms with E-state index in [-0.39, 0.29) is 25.3 Å². The number of amides is 1. The summed E-state index contributed by atoms with van der Waals surface area (Å²) in [5.41, 5.74) is 3.51. The number of nitrogens with zero attached hydrogens (tertiary/aromatic N) is 3. The molecule has 34 heavy (non-hydrogen) atoms. The average Bonchev–Trinajstić information content (AvgIpc) is 3.11. The zero-order valence-corrected chi connectivity index (χ0v) is 21.3. The first-order valence-electron chi connectivity index (χ1n) is 10.5. The molecule has 2 heterocycles. The molecule has 0 saturated heterocycles. The third-order valence-electron chi connectivity index (χ3n) is 5.43. The van der Waals surface area contributed by atoms with Crippen LogP contribution in [0.5, 0.6) is 0 Å². The van der Waals surface area contributed by atoms with Crippen LogP contribution in [0.1, 0.15) is 16.8 Å². The van der Waals surface area contributed by atoms with E-state index in [0.29, 0.717) is 32.6 Å². The van der Waals surface area contributed by atoms with Gasteiger partial charge in [0.2, 0.25) is 0 Å². The number of ketones is 1. The van der Waals surface area contributed by atoms with Gasteiger partial charge in [-0.05, 0) is 49.2 Å². The summed E-state index contributed by atoms with van der Waals surface area (Å²) in [6, 6.07) is 6.93. The van der Waals surface area contributed by atoms with Crippen molar-refractivity contribution in [2.24, 2.45) is 0 Å². The highest BCUT2D eigenvalue weighted by atomic mass is 79.9. The largest absolute Gasteiger partial charge is 0.453 e. The molecule has 0 bridgehead atoms. The zero-order valence-electron chi connectivity index (χ0n) is 19.7. The summed E-state index contributed by atoms with van der Waals surface area (Å²) in [5.74, 6) is -0.727. The minimum Gasteiger partial charge on any atom is -0.453 e. The molecule has 1 amide bonds. The number of carbonyl (C=O) groups is 2. The molecule has 0 aliphatic heterocycles. The van der Waals surface area contributed by atoms with Crippen molar-refractivity contribution in [3.63, 3.8) is 0 Å². The smallest absolute Gasteiger partial charge is 0.410 e. The van der Waals surface area contributed by atoms with Gasteiger partial charge in [-0.25, -0.2) is 14.2 Å². The van der Waals surface area contributed by atoms with E-state index < -0.39 is 18.2 Å². The Kier molecular flexibility index (Phi) is 8.40. The highest BCUT2D eigenvalue weighted by molar-refractivity contribution is 9.10. The second kappa shape index (κ2) is 11.1. The summed E-state index contributed by atoms with van der Waals surface area (Å²) < 4.78 is 32.5. The van der Waals surface area contributed by atoms with Crippen LogP contribution in [-0.2, 0) is 25.4 Å². The molecule has 8 nitrogen and oxygen atoms in total. The first-order chi connectivity index (χ1) is 16.2. The first kappa shape index (κ1) is 25.8. The number of aromatic nitrogens is 2. The van der Waals surface area contributed by atoms with Gasteiger partial charge in [0.15, 0.2) is 12.1 Å². The summed E-state index contributed by atoms with van der Waals surface area (Å²) in [5, 5.41) is 0. The molecule has 2 aromatic heterocycles. The lowest BCUT2D eigenvalue weighted by atomic mass is 10.0. The van der Waals surface area contributed by atoms with Gasteiger partial charge in [0, 0.05) is 30.5 Å². The molecule has 3 aromatic rings. The molecule has 0 radical (unpaired) electrons. The Morgan fingerprint density at radius 2 is 1.88 bits per heavy atom. The molecule has 0 aliphatic rings. The van der Waals surface area contributed by atoms with Gasteiger partial charge in [-0.1, -0.05) is 15.9 Å². The van der Waals surface area contributed by atoms with Crippen molar-refractivity contribution in [2.75, 3.05) is 34.4 Å². The second-order valence-corrected chi connectivity index (χ2v) is 8.80. The highest BCUT2D eigenvalue weighted by Gasteiger charge is 2.25. The normalized spacial score (nSPS) is 11.3. The van der Waals surface area contributed by atoms with E-state index >= 15 is 4.39 Å². The number of Topliss-reactive ketones (excluding diaryl/α,β-unsaturated/α-hetero) is 1. The lowest BCUT2D eigenvalue weighted by Crippen LogP contribution is -2.42. The van der Waals surface area contributed by atoms with Crippen LogP contribution >= 0.6 is 15.9 Å². The Balaban J connectivity index is 2.01. The van der Waals surface area contributed by atoms with Crippen molar-refractivity contribution in [3.05, 3.63) is 57.6 Å². The minimum absolute atomic E-state index is 0.00503. The minimum atomic E-state index is -0.722. The van der Waals surface area contributed by atoms with Gasteiger partial charge in [-0.15, -0.1) is 0 Å². The maximum Gasteiger partial charge on any atom is 0.410 e. The molecular weight excluding hydrogens is 509 g/mol. The van der Waals surface area contributed by atoms with Crippen LogP contribution in [0.2, 0.25) is 0 Å². The van der Waals surface area contributed by atoms with Gasteiger partial charge in [-0.2, -0.15) is 0 Å². The van der Waals surface area contributed by atoms with Gasteiger partial charge in [-0.3, -0.25) is 9.69 Å². The number of imidazole rings is 1. The second-order valence-electron chi connectivity index (χ2n) is 7.89. The first-order valence-corrected chi connectivity index (χ1v) is 11.3. The van der Waals surface area contributed by atoms with Crippen molar-refractivity contribution >= 4 is 33.5 Å². The number of benzene rings is 1. The molecule has 0 spiro atoms. The van der Waals surface area contributed by atoms with Crippen LogP contribution in [0.15, 0.2) is 34.9 Å². The average molecular weight is 536 g/mol. The Hall–Kier alpha value is -2.82. The molecular formula is C24H27BrFN3O5. The number of ether oxygens (including phenoxy) is 3. The number of aryl methyl sites for hydroxylation is 2. The number of fused-ring (bicyclic) bond motifs is 1. The number of carbonyl (C=O) groups excluding carboxylic acids is 2. The van der Waals surface area contributed by atoms with Crippen molar-refractivity contribution in [2.45, 2.75) is 26.6 Å². The summed E-state index contributed by atoms with van der Waals surface area (Å²) in [6.45, 7) is 3.49. The van der Waals surface area contributed by atoms with Crippen LogP contribution in [0, 0.1) is 19.7 Å². The van der Waals surface area contributed by atoms with Crippen molar-refractivity contribution < 1.29 is 28.2 Å². The molecule has 0 unspecified atom stereocenters. The fourth-order valence-corrected chi connectivity index (χ4v) is 4.33. The monoisotopic (exact) mass is 535 g/mol. The molecule has 182 valence electrons. The van der Waals surface area contributed by atoms with Gasteiger partial charge >= 0.3 is 6.09 Å². The van der Waals surface area contributed by atoms with E-state index in [1.807, 2.05) is 19.1 Å². The molecule has 0 fully saturated rings. The fourth-order valence-electron chi connectivity index (χ4n) is 3.78. The third kappa shape index (κ3) is 5.63. The van der Waals surface area contributed by atoms with Crippen molar-refractivity contribution in [1.82, 2.24) is 14.3 Å². The Morgan fingerprint density at radius 3 is 2.50 bits per heavy atom. The number of halogens is 2. The molecule has 10 heteroatoms. The van der Waals surface area contributed by atoms with Crippen molar-refractivity contribution in [3.8, 4) is 11.3 Å². The predicted octanol–water partition coefficient (Wildman–Crippen LogP) is 4.32. The van der Waals surface area contributed by atoms with E-state index in [0.717, 1.165) is 5.56 Å². The van der Waals surface area contributed by atoms with Crippen LogP contribution in [-0.4, -0.2) is 66.9 Å². The Bertz CT molecular complexity index is 1190. The number of hydrogen-bond acceptors (Lipinski definition) is 6. The molecule has 0 saturated carbocycles. The van der Waals surface area contributed by atoms with Crippen molar-refractivity contribution in [1.29, 1.82) is 0 Å². The maximum atomic E-state index is 15.0. The van der Waals surface area contributed by atoms with E-state index in [9.17, 15) is 9.59 Å². The number of pyridine rings is 1. The van der Waals surface area contributed by atoms with E-state index in [2.05, 4.69) is 20.9 Å². The maximum absolute atomic E-state index is 15.0. The topological polar surface area (TPSA) is 82.4 Å². The number of hydrogen-bond donors (Lipinski definition) is 0. The SMILES string of the molecule is COC(=O)N(CC(=O)Cc1c(-c2c(C)cc(Br)cc2F)nc2cc(C)ccn12)CC(OC)OC. The standard InChI is InChI=1S/C24H27BrFN3O5/c1-14-6-7-29-19(11-17(30)12-28(24(31)34-5)13-21(32-3)33-4)23(27-20(29)8-14)22-15(2)9-16(25)10-18(22)26/h6-10,21H,11-13H2,1-5H3. The molecule has 1 aromatic carbocycles. The molecule has 0 aliphatic carbocycles. The third-order valence-corrected chi connectivity index (χ3v) is 5.89. The van der Waals surface area contributed by atoms with E-state index in [1.54, 1.807) is 23.6 Å². The highest BCUT2D eigenvalue weighted by Crippen LogP contribution is 2.32. The zero-order chi connectivity index (χ0) is 25.0. The Labute approximate surface area is 205 Å². The van der Waals surface area contributed by atoms with Crippen LogP contribution < -0.4 is 0 Å². The van der Waals surface area contributed by atoms with Gasteiger partial charge in [0.05, 0.1) is 38.0 Å². The van der Waals surface area contributed by atoms with Crippen LogP contribution in [0.4, 0.5) is 9.18 Å².